The fourth-order valence-electron chi connectivity index (χ4n) is 2.60. The first-order valence-electron chi connectivity index (χ1n) is 7.25. The summed E-state index contributed by atoms with van der Waals surface area (Å²) in [6.45, 7) is 5.43. The molecule has 0 bridgehead atoms. The lowest BCUT2D eigenvalue weighted by Crippen LogP contribution is -2.06. The molecule has 0 spiro atoms. The zero-order valence-electron chi connectivity index (χ0n) is 13.9. The molecule has 0 radical (unpaired) electrons. The molecule has 1 heterocycles. The number of hydrogen-bond acceptors (Lipinski definition) is 6. The molecule has 6 heteroatoms. The molecule has 0 saturated heterocycles. The summed E-state index contributed by atoms with van der Waals surface area (Å²) >= 11 is 1.27. The zero-order chi connectivity index (χ0) is 17.1. The van der Waals surface area contributed by atoms with Crippen molar-refractivity contribution in [2.45, 2.75) is 27.1 Å². The van der Waals surface area contributed by atoms with Crippen molar-refractivity contribution in [3.8, 4) is 0 Å². The SMILES string of the molecule is CCOC(=O)c1sc2c(C(C)=O)ccc(C(OC)OC)c2c1C. The number of aryl methyl sites for hydroxylation is 1. The molecule has 0 N–H and O–H groups in total. The Morgan fingerprint density at radius 1 is 1.22 bits per heavy atom. The lowest BCUT2D eigenvalue weighted by atomic mass is 10.0. The Morgan fingerprint density at radius 3 is 2.39 bits per heavy atom. The van der Waals surface area contributed by atoms with E-state index in [4.69, 9.17) is 14.2 Å². The number of ketones is 1. The maximum atomic E-state index is 12.2. The van der Waals surface area contributed by atoms with Crippen LogP contribution in [0, 0.1) is 6.92 Å². The molecule has 0 aliphatic rings. The number of fused-ring (bicyclic) bond motifs is 1. The molecule has 0 atom stereocenters. The fraction of sp³-hybridized carbons (Fsp3) is 0.412. The van der Waals surface area contributed by atoms with E-state index in [0.717, 1.165) is 21.2 Å². The van der Waals surface area contributed by atoms with Crippen LogP contribution in [-0.2, 0) is 14.2 Å². The maximum absolute atomic E-state index is 12.2. The van der Waals surface area contributed by atoms with Gasteiger partial charge in [-0.05, 0) is 32.4 Å². The molecule has 0 amide bonds. The predicted octanol–water partition coefficient (Wildman–Crippen LogP) is 3.88. The van der Waals surface area contributed by atoms with Gasteiger partial charge in [-0.3, -0.25) is 4.79 Å². The molecule has 2 aromatic rings. The first kappa shape index (κ1) is 17.6. The van der Waals surface area contributed by atoms with Crippen LogP contribution in [0.2, 0.25) is 0 Å². The lowest BCUT2D eigenvalue weighted by molar-refractivity contribution is -0.105. The Labute approximate surface area is 139 Å². The molecular formula is C17H20O5S. The molecule has 0 aliphatic heterocycles. The molecule has 1 aromatic heterocycles. The van der Waals surface area contributed by atoms with Crippen LogP contribution in [0.4, 0.5) is 0 Å². The van der Waals surface area contributed by atoms with Gasteiger partial charge in [0.1, 0.15) is 4.88 Å². The third-order valence-corrected chi connectivity index (χ3v) is 4.94. The minimum atomic E-state index is -0.568. The summed E-state index contributed by atoms with van der Waals surface area (Å²) in [6.07, 6.45) is -0.568. The first-order chi connectivity index (χ1) is 11.0. The van der Waals surface area contributed by atoms with Gasteiger partial charge in [0.15, 0.2) is 12.1 Å². The second-order valence-corrected chi connectivity index (χ2v) is 6.06. The number of thiophene rings is 1. The highest BCUT2D eigenvalue weighted by Gasteiger charge is 2.24. The maximum Gasteiger partial charge on any atom is 0.348 e. The number of rotatable bonds is 6. The monoisotopic (exact) mass is 336 g/mol. The molecule has 23 heavy (non-hydrogen) atoms. The van der Waals surface area contributed by atoms with Crippen LogP contribution in [0.3, 0.4) is 0 Å². The minimum absolute atomic E-state index is 0.0513. The highest BCUT2D eigenvalue weighted by molar-refractivity contribution is 7.21. The molecule has 0 fully saturated rings. The van der Waals surface area contributed by atoms with Crippen molar-refractivity contribution in [1.82, 2.24) is 0 Å². The quantitative estimate of drug-likeness (QED) is 0.455. The molecule has 1 aromatic carbocycles. The second kappa shape index (κ2) is 7.21. The molecule has 0 aliphatic carbocycles. The number of esters is 1. The van der Waals surface area contributed by atoms with Crippen molar-refractivity contribution < 1.29 is 23.8 Å². The first-order valence-corrected chi connectivity index (χ1v) is 8.07. The number of carbonyl (C=O) groups is 2. The van der Waals surface area contributed by atoms with Gasteiger partial charge in [0.2, 0.25) is 0 Å². The summed E-state index contributed by atoms with van der Waals surface area (Å²) in [7, 11) is 3.10. The molecule has 124 valence electrons. The van der Waals surface area contributed by atoms with Crippen LogP contribution in [0.1, 0.15) is 51.3 Å². The van der Waals surface area contributed by atoms with Crippen molar-refractivity contribution in [3.63, 3.8) is 0 Å². The van der Waals surface area contributed by atoms with Crippen LogP contribution >= 0.6 is 11.3 Å². The van der Waals surface area contributed by atoms with Crippen molar-refractivity contribution in [3.05, 3.63) is 33.7 Å². The third-order valence-electron chi connectivity index (χ3n) is 3.63. The smallest absolute Gasteiger partial charge is 0.348 e. The number of methoxy groups -OCH3 is 2. The zero-order valence-corrected chi connectivity index (χ0v) is 14.7. The summed E-state index contributed by atoms with van der Waals surface area (Å²) < 4.78 is 16.6. The van der Waals surface area contributed by atoms with Gasteiger partial charge in [-0.25, -0.2) is 4.79 Å². The van der Waals surface area contributed by atoms with E-state index >= 15 is 0 Å². The van der Waals surface area contributed by atoms with E-state index in [1.54, 1.807) is 27.2 Å². The minimum Gasteiger partial charge on any atom is -0.462 e. The molecular weight excluding hydrogens is 316 g/mol. The van der Waals surface area contributed by atoms with Gasteiger partial charge < -0.3 is 14.2 Å². The Balaban J connectivity index is 2.79. The second-order valence-electron chi connectivity index (χ2n) is 5.04. The topological polar surface area (TPSA) is 61.8 Å². The Morgan fingerprint density at radius 2 is 1.87 bits per heavy atom. The van der Waals surface area contributed by atoms with Gasteiger partial charge in [0, 0.05) is 35.4 Å². The third kappa shape index (κ3) is 3.15. The number of benzene rings is 1. The fourth-order valence-corrected chi connectivity index (χ4v) is 3.89. The van der Waals surface area contributed by atoms with E-state index in [-0.39, 0.29) is 11.8 Å². The van der Waals surface area contributed by atoms with Gasteiger partial charge in [-0.15, -0.1) is 11.3 Å². The van der Waals surface area contributed by atoms with Crippen LogP contribution in [0.5, 0.6) is 0 Å². The van der Waals surface area contributed by atoms with Gasteiger partial charge in [0.25, 0.3) is 0 Å². The summed E-state index contributed by atoms with van der Waals surface area (Å²) in [6, 6.07) is 3.56. The van der Waals surface area contributed by atoms with Crippen molar-refractivity contribution >= 4 is 33.2 Å². The van der Waals surface area contributed by atoms with E-state index in [0.29, 0.717) is 17.0 Å². The van der Waals surface area contributed by atoms with Gasteiger partial charge in [0.05, 0.1) is 6.61 Å². The highest BCUT2D eigenvalue weighted by Crippen LogP contribution is 2.39. The summed E-state index contributed by atoms with van der Waals surface area (Å²) in [5.74, 6) is -0.428. The standard InChI is InChI=1S/C17H20O5S/c1-6-22-16(19)14-9(2)13-12(17(20-4)21-5)8-7-11(10(3)18)15(13)23-14/h7-8,17H,6H2,1-5H3. The van der Waals surface area contributed by atoms with Gasteiger partial charge in [-0.1, -0.05) is 6.07 Å². The number of Topliss-reactive ketones (excluding diaryl/α,β-unsaturated/α-hetero) is 1. The number of ether oxygens (including phenoxy) is 3. The molecule has 0 saturated carbocycles. The number of carbonyl (C=O) groups excluding carboxylic acids is 2. The predicted molar refractivity (Wildman–Crippen MR) is 89.3 cm³/mol. The van der Waals surface area contributed by atoms with E-state index in [1.807, 2.05) is 13.0 Å². The average molecular weight is 336 g/mol. The van der Waals surface area contributed by atoms with E-state index in [1.165, 1.54) is 18.3 Å². The molecule has 2 rings (SSSR count). The van der Waals surface area contributed by atoms with E-state index in [2.05, 4.69) is 0 Å². The van der Waals surface area contributed by atoms with Crippen LogP contribution in [0.25, 0.3) is 10.1 Å². The van der Waals surface area contributed by atoms with Crippen molar-refractivity contribution in [2.24, 2.45) is 0 Å². The van der Waals surface area contributed by atoms with Crippen molar-refractivity contribution in [1.29, 1.82) is 0 Å². The highest BCUT2D eigenvalue weighted by atomic mass is 32.1. The Hall–Kier alpha value is -1.76. The Kier molecular flexibility index (Phi) is 5.51. The van der Waals surface area contributed by atoms with Gasteiger partial charge in [-0.2, -0.15) is 0 Å². The molecule has 5 nitrogen and oxygen atoms in total. The number of hydrogen-bond donors (Lipinski definition) is 0. The van der Waals surface area contributed by atoms with Crippen LogP contribution < -0.4 is 0 Å². The largest absolute Gasteiger partial charge is 0.462 e. The van der Waals surface area contributed by atoms with Crippen LogP contribution in [0.15, 0.2) is 12.1 Å². The molecule has 0 unspecified atom stereocenters. The average Bonchev–Trinajstić information content (AvgIpc) is 2.86. The Bertz CT molecular complexity index is 743. The summed E-state index contributed by atoms with van der Waals surface area (Å²) in [5.41, 5.74) is 2.15. The normalized spacial score (nSPS) is 11.2. The summed E-state index contributed by atoms with van der Waals surface area (Å²) in [4.78, 5) is 24.6. The van der Waals surface area contributed by atoms with Crippen LogP contribution in [-0.4, -0.2) is 32.6 Å². The van der Waals surface area contributed by atoms with Gasteiger partial charge >= 0.3 is 5.97 Å². The summed E-state index contributed by atoms with van der Waals surface area (Å²) in [5, 5.41) is 0.819. The van der Waals surface area contributed by atoms with Crippen molar-refractivity contribution in [2.75, 3.05) is 20.8 Å². The van der Waals surface area contributed by atoms with E-state index in [9.17, 15) is 9.59 Å². The lowest BCUT2D eigenvalue weighted by Gasteiger charge is -2.16. The van der Waals surface area contributed by atoms with E-state index < -0.39 is 6.29 Å².